The Balaban J connectivity index is 1.83. The summed E-state index contributed by atoms with van der Waals surface area (Å²) in [5, 5.41) is 17.8. The second-order valence-corrected chi connectivity index (χ2v) is 7.23. The van der Waals surface area contributed by atoms with Crippen molar-refractivity contribution in [1.82, 2.24) is 4.90 Å². The minimum Gasteiger partial charge on any atom is -0.480 e. The van der Waals surface area contributed by atoms with Gasteiger partial charge < -0.3 is 9.64 Å². The molecule has 1 heterocycles. The molecule has 154 valence electrons. The molecular formula is C21H15ClF3N3O2. The summed E-state index contributed by atoms with van der Waals surface area (Å²) < 4.78 is 43.7. The lowest BCUT2D eigenvalue weighted by molar-refractivity contribution is -0.189. The van der Waals surface area contributed by atoms with Crippen molar-refractivity contribution < 1.29 is 22.7 Å². The van der Waals surface area contributed by atoms with Gasteiger partial charge in [-0.15, -0.1) is 0 Å². The average molecular weight is 434 g/mol. The number of alkyl halides is 3. The molecule has 0 N–H and O–H groups in total. The number of halogens is 4. The number of hydrogen-bond acceptors (Lipinski definition) is 4. The van der Waals surface area contributed by atoms with Crippen LogP contribution in [0.25, 0.3) is 0 Å². The van der Waals surface area contributed by atoms with Crippen LogP contribution in [0.2, 0.25) is 5.02 Å². The number of nitriles is 2. The van der Waals surface area contributed by atoms with Gasteiger partial charge in [-0.1, -0.05) is 23.7 Å². The van der Waals surface area contributed by atoms with Crippen LogP contribution in [-0.4, -0.2) is 36.2 Å². The summed E-state index contributed by atoms with van der Waals surface area (Å²) in [7, 11) is 0. The van der Waals surface area contributed by atoms with E-state index in [-0.39, 0.29) is 27.8 Å². The molecule has 0 radical (unpaired) electrons. The van der Waals surface area contributed by atoms with Gasteiger partial charge in [0.2, 0.25) is 0 Å². The van der Waals surface area contributed by atoms with E-state index in [0.29, 0.717) is 18.7 Å². The van der Waals surface area contributed by atoms with Crippen molar-refractivity contribution in [2.75, 3.05) is 13.1 Å². The van der Waals surface area contributed by atoms with E-state index in [1.165, 1.54) is 11.0 Å². The summed E-state index contributed by atoms with van der Waals surface area (Å²) in [6.07, 6.45) is -6.78. The first kappa shape index (κ1) is 21.5. The maximum atomic E-state index is 13.0. The van der Waals surface area contributed by atoms with Crippen LogP contribution in [0.1, 0.15) is 39.9 Å². The predicted molar refractivity (Wildman–Crippen MR) is 102 cm³/mol. The zero-order valence-electron chi connectivity index (χ0n) is 15.7. The van der Waals surface area contributed by atoms with Gasteiger partial charge in [-0.25, -0.2) is 0 Å². The van der Waals surface area contributed by atoms with Gasteiger partial charge in [-0.2, -0.15) is 23.7 Å². The molecule has 1 saturated heterocycles. The van der Waals surface area contributed by atoms with Crippen molar-refractivity contribution in [2.24, 2.45) is 0 Å². The molecule has 0 saturated carbocycles. The van der Waals surface area contributed by atoms with E-state index in [0.717, 1.165) is 18.6 Å². The summed E-state index contributed by atoms with van der Waals surface area (Å²) in [6.45, 7) is 1.48. The molecule has 0 spiro atoms. The molecule has 2 aromatic carbocycles. The Bertz CT molecular complexity index is 1050. The van der Waals surface area contributed by atoms with Gasteiger partial charge in [0.25, 0.3) is 5.91 Å². The largest absolute Gasteiger partial charge is 0.480 e. The number of amides is 1. The standard InChI is InChI=1S/C21H15ClF3N3O2/c1-12(21(23,24)25)30-17-7-6-15(9-27)19(22)18(17)20(29)28-10-16(11-28)14-4-2-13(8-26)3-5-14/h2-7,12,16H,10-11H2,1H3. The number of carbonyl (C=O) groups excluding carboxylic acids is 1. The van der Waals surface area contributed by atoms with Gasteiger partial charge >= 0.3 is 6.18 Å². The first-order chi connectivity index (χ1) is 14.2. The summed E-state index contributed by atoms with van der Waals surface area (Å²) in [4.78, 5) is 14.4. The Kier molecular flexibility index (Phi) is 5.91. The summed E-state index contributed by atoms with van der Waals surface area (Å²) in [6, 6.07) is 13.2. The zero-order valence-corrected chi connectivity index (χ0v) is 16.5. The molecule has 2 aromatic rings. The molecule has 1 aliphatic heterocycles. The third-order valence-corrected chi connectivity index (χ3v) is 5.28. The fraction of sp³-hybridized carbons (Fsp3) is 0.286. The van der Waals surface area contributed by atoms with E-state index in [2.05, 4.69) is 0 Å². The highest BCUT2D eigenvalue weighted by Gasteiger charge is 2.40. The summed E-state index contributed by atoms with van der Waals surface area (Å²) in [5.41, 5.74) is 1.17. The maximum absolute atomic E-state index is 13.0. The molecule has 3 rings (SSSR count). The van der Waals surface area contributed by atoms with Gasteiger partial charge in [0.1, 0.15) is 17.4 Å². The first-order valence-electron chi connectivity index (χ1n) is 8.91. The molecule has 1 unspecified atom stereocenters. The third kappa shape index (κ3) is 4.19. The van der Waals surface area contributed by atoms with Gasteiger partial charge in [0, 0.05) is 19.0 Å². The minimum atomic E-state index is -4.63. The summed E-state index contributed by atoms with van der Waals surface area (Å²) in [5.74, 6) is -0.903. The van der Waals surface area contributed by atoms with Crippen molar-refractivity contribution in [3.63, 3.8) is 0 Å². The Labute approximate surface area is 175 Å². The predicted octanol–water partition coefficient (Wildman–Crippen LogP) is 4.65. The van der Waals surface area contributed by atoms with Crippen molar-refractivity contribution in [3.8, 4) is 17.9 Å². The van der Waals surface area contributed by atoms with Gasteiger partial charge in [-0.05, 0) is 36.8 Å². The van der Waals surface area contributed by atoms with Crippen molar-refractivity contribution in [2.45, 2.75) is 25.1 Å². The van der Waals surface area contributed by atoms with Crippen LogP contribution in [0.15, 0.2) is 36.4 Å². The Hall–Kier alpha value is -3.23. The third-order valence-electron chi connectivity index (χ3n) is 4.88. The van der Waals surface area contributed by atoms with E-state index in [1.54, 1.807) is 24.3 Å². The van der Waals surface area contributed by atoms with Crippen LogP contribution in [0.3, 0.4) is 0 Å². The smallest absolute Gasteiger partial charge is 0.425 e. The van der Waals surface area contributed by atoms with Crippen LogP contribution >= 0.6 is 11.6 Å². The monoisotopic (exact) mass is 433 g/mol. The Morgan fingerprint density at radius 1 is 1.17 bits per heavy atom. The molecule has 0 bridgehead atoms. The highest BCUT2D eigenvalue weighted by atomic mass is 35.5. The van der Waals surface area contributed by atoms with E-state index >= 15 is 0 Å². The van der Waals surface area contributed by atoms with Crippen LogP contribution in [-0.2, 0) is 0 Å². The number of benzene rings is 2. The first-order valence-corrected chi connectivity index (χ1v) is 9.28. The van der Waals surface area contributed by atoms with Crippen LogP contribution in [0, 0.1) is 22.7 Å². The molecule has 0 aliphatic carbocycles. The highest BCUT2D eigenvalue weighted by molar-refractivity contribution is 6.35. The lowest BCUT2D eigenvalue weighted by atomic mass is 9.90. The molecule has 1 atom stereocenters. The number of carbonyl (C=O) groups is 1. The van der Waals surface area contributed by atoms with Gasteiger partial charge in [-0.3, -0.25) is 4.79 Å². The molecule has 1 amide bonds. The number of ether oxygens (including phenoxy) is 1. The van der Waals surface area contributed by atoms with Crippen LogP contribution in [0.4, 0.5) is 13.2 Å². The lowest BCUT2D eigenvalue weighted by Crippen LogP contribution is -2.48. The molecule has 0 aromatic heterocycles. The van der Waals surface area contributed by atoms with Gasteiger partial charge in [0.05, 0.1) is 22.2 Å². The SMILES string of the molecule is CC(Oc1ccc(C#N)c(Cl)c1C(=O)N1CC(c2ccc(C#N)cc2)C1)C(F)(F)F. The van der Waals surface area contributed by atoms with E-state index in [1.807, 2.05) is 12.1 Å². The molecule has 1 fully saturated rings. The normalized spacial score (nSPS) is 15.0. The van der Waals surface area contributed by atoms with E-state index in [9.17, 15) is 18.0 Å². The highest BCUT2D eigenvalue weighted by Crippen LogP contribution is 2.36. The van der Waals surface area contributed by atoms with Gasteiger partial charge in [0.15, 0.2) is 6.10 Å². The van der Waals surface area contributed by atoms with Crippen LogP contribution in [0.5, 0.6) is 5.75 Å². The lowest BCUT2D eigenvalue weighted by Gasteiger charge is -2.40. The molecule has 5 nitrogen and oxygen atoms in total. The minimum absolute atomic E-state index is 0.0260. The molecule has 9 heteroatoms. The zero-order chi connectivity index (χ0) is 22.1. The number of rotatable bonds is 4. The topological polar surface area (TPSA) is 77.1 Å². The molecule has 1 aliphatic rings. The molecule has 30 heavy (non-hydrogen) atoms. The fourth-order valence-electron chi connectivity index (χ4n) is 3.04. The van der Waals surface area contributed by atoms with Crippen molar-refractivity contribution in [1.29, 1.82) is 10.5 Å². The number of hydrogen-bond donors (Lipinski definition) is 0. The number of nitrogens with zero attached hydrogens (tertiary/aromatic N) is 3. The second-order valence-electron chi connectivity index (χ2n) is 6.85. The maximum Gasteiger partial charge on any atom is 0.425 e. The summed E-state index contributed by atoms with van der Waals surface area (Å²) >= 11 is 6.16. The fourth-order valence-corrected chi connectivity index (χ4v) is 3.32. The quantitative estimate of drug-likeness (QED) is 0.703. The van der Waals surface area contributed by atoms with Crippen molar-refractivity contribution >= 4 is 17.5 Å². The second kappa shape index (κ2) is 8.25. The number of likely N-dealkylation sites (tertiary alicyclic amines) is 1. The van der Waals surface area contributed by atoms with Crippen LogP contribution < -0.4 is 4.74 Å². The Morgan fingerprint density at radius 3 is 2.33 bits per heavy atom. The Morgan fingerprint density at radius 2 is 1.80 bits per heavy atom. The van der Waals surface area contributed by atoms with E-state index < -0.39 is 18.2 Å². The van der Waals surface area contributed by atoms with Crippen molar-refractivity contribution in [3.05, 3.63) is 63.7 Å². The molecular weight excluding hydrogens is 419 g/mol. The average Bonchev–Trinajstić information content (AvgIpc) is 2.66. The van der Waals surface area contributed by atoms with E-state index in [4.69, 9.17) is 26.9 Å².